The number of nitrogens with one attached hydrogen (secondary N) is 1. The number of ether oxygens (including phenoxy) is 1. The van der Waals surface area contributed by atoms with Crippen LogP contribution in [0.4, 0.5) is 0 Å². The Balaban J connectivity index is 2.24. The van der Waals surface area contributed by atoms with E-state index in [2.05, 4.69) is 4.98 Å². The Morgan fingerprint density at radius 3 is 2.55 bits per heavy atom. The summed E-state index contributed by atoms with van der Waals surface area (Å²) in [5, 5.41) is 12.0. The van der Waals surface area contributed by atoms with Crippen LogP contribution in [-0.2, 0) is 15.1 Å². The van der Waals surface area contributed by atoms with E-state index in [1.807, 2.05) is 30.3 Å². The summed E-state index contributed by atoms with van der Waals surface area (Å²) in [6, 6.07) is 16.4. The second kappa shape index (κ2) is 5.66. The van der Waals surface area contributed by atoms with Gasteiger partial charge in [-0.15, -0.1) is 0 Å². The highest BCUT2D eigenvalue weighted by atomic mass is 16.5. The molecule has 0 saturated carbocycles. The molecule has 0 aliphatic carbocycles. The fourth-order valence-electron chi connectivity index (χ4n) is 2.67. The summed E-state index contributed by atoms with van der Waals surface area (Å²) >= 11 is 0. The van der Waals surface area contributed by atoms with E-state index in [9.17, 15) is 9.90 Å². The van der Waals surface area contributed by atoms with E-state index in [0.29, 0.717) is 11.1 Å². The van der Waals surface area contributed by atoms with Gasteiger partial charge in [-0.3, -0.25) is 0 Å². The molecule has 0 aliphatic rings. The van der Waals surface area contributed by atoms with Crippen LogP contribution in [0.1, 0.15) is 18.1 Å². The number of benzene rings is 2. The lowest BCUT2D eigenvalue weighted by Gasteiger charge is -2.26. The molecule has 2 aromatic carbocycles. The van der Waals surface area contributed by atoms with Crippen LogP contribution in [0, 0.1) is 0 Å². The number of aliphatic hydroxyl groups is 1. The Bertz CT molecular complexity index is 794. The third-order valence-corrected chi connectivity index (χ3v) is 3.74. The van der Waals surface area contributed by atoms with Crippen molar-refractivity contribution < 1.29 is 14.6 Å². The first-order valence-corrected chi connectivity index (χ1v) is 7.19. The standard InChI is InChI=1S/C18H17NO3/c1-2-22-17(20)18(21,13-8-4-3-5-9-13)15-12-19-16-11-7-6-10-14(15)16/h3-12,19,21H,2H2,1H3/t18-/m1/s1. The van der Waals surface area contributed by atoms with Crippen LogP contribution in [0.15, 0.2) is 60.8 Å². The van der Waals surface area contributed by atoms with Crippen LogP contribution in [0.25, 0.3) is 10.9 Å². The lowest BCUT2D eigenvalue weighted by Crippen LogP contribution is -2.38. The quantitative estimate of drug-likeness (QED) is 0.727. The van der Waals surface area contributed by atoms with Gasteiger partial charge in [0.25, 0.3) is 0 Å². The molecule has 0 spiro atoms. The van der Waals surface area contributed by atoms with Crippen LogP contribution in [0.2, 0.25) is 0 Å². The second-order valence-corrected chi connectivity index (χ2v) is 5.04. The van der Waals surface area contributed by atoms with Gasteiger partial charge in [0.15, 0.2) is 0 Å². The Kier molecular flexibility index (Phi) is 3.69. The topological polar surface area (TPSA) is 62.3 Å². The van der Waals surface area contributed by atoms with Crippen molar-refractivity contribution in [2.75, 3.05) is 6.61 Å². The summed E-state index contributed by atoms with van der Waals surface area (Å²) in [4.78, 5) is 15.6. The monoisotopic (exact) mass is 295 g/mol. The molecule has 1 atom stereocenters. The van der Waals surface area contributed by atoms with Crippen molar-refractivity contribution in [2.24, 2.45) is 0 Å². The molecule has 3 aromatic rings. The predicted molar refractivity (Wildman–Crippen MR) is 84.4 cm³/mol. The van der Waals surface area contributed by atoms with E-state index in [-0.39, 0.29) is 6.61 Å². The van der Waals surface area contributed by atoms with Crippen molar-refractivity contribution in [1.29, 1.82) is 0 Å². The highest BCUT2D eigenvalue weighted by molar-refractivity contribution is 5.94. The largest absolute Gasteiger partial charge is 0.463 e. The fraction of sp³-hybridized carbons (Fsp3) is 0.167. The zero-order chi connectivity index (χ0) is 15.6. The number of carbonyl (C=O) groups is 1. The first-order valence-electron chi connectivity index (χ1n) is 7.19. The molecule has 0 unspecified atom stereocenters. The van der Waals surface area contributed by atoms with Gasteiger partial charge in [-0.05, 0) is 18.6 Å². The van der Waals surface area contributed by atoms with Gasteiger partial charge in [-0.25, -0.2) is 4.79 Å². The van der Waals surface area contributed by atoms with E-state index in [1.165, 1.54) is 0 Å². The zero-order valence-corrected chi connectivity index (χ0v) is 12.2. The average molecular weight is 295 g/mol. The Morgan fingerprint density at radius 2 is 1.82 bits per heavy atom. The molecule has 4 nitrogen and oxygen atoms in total. The second-order valence-electron chi connectivity index (χ2n) is 5.04. The number of aromatic nitrogens is 1. The maximum absolute atomic E-state index is 12.5. The molecule has 0 aliphatic heterocycles. The Hall–Kier alpha value is -2.59. The van der Waals surface area contributed by atoms with Crippen LogP contribution in [-0.4, -0.2) is 22.7 Å². The SMILES string of the molecule is CCOC(=O)[C@@](O)(c1ccccc1)c1c[nH]c2ccccc12. The van der Waals surface area contributed by atoms with E-state index in [4.69, 9.17) is 4.74 Å². The Labute approximate surface area is 128 Å². The van der Waals surface area contributed by atoms with Gasteiger partial charge < -0.3 is 14.8 Å². The number of fused-ring (bicyclic) bond motifs is 1. The third kappa shape index (κ3) is 2.18. The summed E-state index contributed by atoms with van der Waals surface area (Å²) in [5.74, 6) is -0.675. The average Bonchev–Trinajstić information content (AvgIpc) is 2.99. The molecule has 2 N–H and O–H groups in total. The summed E-state index contributed by atoms with van der Waals surface area (Å²) in [6.45, 7) is 1.93. The molecule has 0 bridgehead atoms. The van der Waals surface area contributed by atoms with Crippen LogP contribution < -0.4 is 0 Å². The zero-order valence-electron chi connectivity index (χ0n) is 12.2. The Morgan fingerprint density at radius 1 is 1.14 bits per heavy atom. The number of rotatable bonds is 4. The number of carbonyl (C=O) groups excluding carboxylic acids is 1. The number of hydrogen-bond donors (Lipinski definition) is 2. The number of hydrogen-bond acceptors (Lipinski definition) is 3. The lowest BCUT2D eigenvalue weighted by molar-refractivity contribution is -0.161. The minimum absolute atomic E-state index is 0.205. The normalized spacial score (nSPS) is 13.7. The van der Waals surface area contributed by atoms with Crippen molar-refractivity contribution in [1.82, 2.24) is 4.98 Å². The first-order chi connectivity index (χ1) is 10.7. The summed E-state index contributed by atoms with van der Waals surface area (Å²) in [5.41, 5.74) is -0.00115. The molecular formula is C18H17NO3. The lowest BCUT2D eigenvalue weighted by atomic mass is 9.86. The third-order valence-electron chi connectivity index (χ3n) is 3.74. The van der Waals surface area contributed by atoms with Crippen LogP contribution >= 0.6 is 0 Å². The van der Waals surface area contributed by atoms with Gasteiger partial charge in [-0.2, -0.15) is 0 Å². The maximum Gasteiger partial charge on any atom is 0.347 e. The highest BCUT2D eigenvalue weighted by Crippen LogP contribution is 2.35. The van der Waals surface area contributed by atoms with E-state index in [0.717, 1.165) is 10.9 Å². The van der Waals surface area contributed by atoms with Gasteiger partial charge in [0, 0.05) is 22.7 Å². The smallest absolute Gasteiger partial charge is 0.347 e. The summed E-state index contributed by atoms with van der Waals surface area (Å²) in [6.07, 6.45) is 1.66. The van der Waals surface area contributed by atoms with Gasteiger partial charge in [0.05, 0.1) is 6.61 Å². The van der Waals surface area contributed by atoms with Gasteiger partial charge >= 0.3 is 5.97 Å². The number of aromatic amines is 1. The molecule has 112 valence electrons. The first kappa shape index (κ1) is 14.4. The molecule has 0 amide bonds. The molecule has 3 rings (SSSR count). The van der Waals surface area contributed by atoms with Gasteiger partial charge in [-0.1, -0.05) is 48.5 Å². The van der Waals surface area contributed by atoms with Crippen LogP contribution in [0.5, 0.6) is 0 Å². The van der Waals surface area contributed by atoms with E-state index >= 15 is 0 Å². The maximum atomic E-state index is 12.5. The predicted octanol–water partition coefficient (Wildman–Crippen LogP) is 2.97. The van der Waals surface area contributed by atoms with Crippen molar-refractivity contribution in [2.45, 2.75) is 12.5 Å². The van der Waals surface area contributed by atoms with Crippen molar-refractivity contribution in [3.63, 3.8) is 0 Å². The minimum atomic E-state index is -1.84. The minimum Gasteiger partial charge on any atom is -0.463 e. The van der Waals surface area contributed by atoms with Crippen molar-refractivity contribution >= 4 is 16.9 Å². The van der Waals surface area contributed by atoms with Crippen LogP contribution in [0.3, 0.4) is 0 Å². The molecule has 0 radical (unpaired) electrons. The molecular weight excluding hydrogens is 278 g/mol. The van der Waals surface area contributed by atoms with Crippen molar-refractivity contribution in [3.8, 4) is 0 Å². The number of H-pyrrole nitrogens is 1. The highest BCUT2D eigenvalue weighted by Gasteiger charge is 2.43. The molecule has 0 fully saturated rings. The molecule has 0 saturated heterocycles. The summed E-state index contributed by atoms with van der Waals surface area (Å²) < 4.78 is 5.13. The summed E-state index contributed by atoms with van der Waals surface area (Å²) in [7, 11) is 0. The van der Waals surface area contributed by atoms with E-state index < -0.39 is 11.6 Å². The number of para-hydroxylation sites is 1. The molecule has 1 heterocycles. The fourth-order valence-corrected chi connectivity index (χ4v) is 2.67. The molecule has 4 heteroatoms. The van der Waals surface area contributed by atoms with Crippen molar-refractivity contribution in [3.05, 3.63) is 71.9 Å². The molecule has 22 heavy (non-hydrogen) atoms. The van der Waals surface area contributed by atoms with Gasteiger partial charge in [0.1, 0.15) is 0 Å². The van der Waals surface area contributed by atoms with E-state index in [1.54, 1.807) is 37.4 Å². The molecule has 1 aromatic heterocycles. The van der Waals surface area contributed by atoms with Gasteiger partial charge in [0.2, 0.25) is 5.60 Å². The number of esters is 1.